The van der Waals surface area contributed by atoms with Crippen molar-refractivity contribution in [2.75, 3.05) is 21.3 Å². The van der Waals surface area contributed by atoms with Crippen LogP contribution in [0.1, 0.15) is 74.5 Å². The van der Waals surface area contributed by atoms with Gasteiger partial charge in [0, 0.05) is 46.2 Å². The second kappa shape index (κ2) is 30.6. The molecule has 0 aromatic heterocycles. The molecule has 3 radical (unpaired) electrons. The minimum Gasteiger partial charge on any atom is -0.512 e. The Morgan fingerprint density at radius 3 is 1.66 bits per heavy atom. The fraction of sp³-hybridized carbons (Fsp3) is 0.419. The Labute approximate surface area is 369 Å². The Hall–Kier alpha value is -4.46. The van der Waals surface area contributed by atoms with Crippen molar-refractivity contribution in [3.63, 3.8) is 0 Å². The van der Waals surface area contributed by atoms with Crippen molar-refractivity contribution < 1.29 is 76.1 Å². The smallest absolute Gasteiger partial charge is 0.512 e. The number of methoxy groups -OCH3 is 3. The number of carbonyl (C=O) groups excluding carboxylic acids is 4. The number of allylic oxidation sites excluding steroid dienone is 1. The molecule has 0 bridgehead atoms. The summed E-state index contributed by atoms with van der Waals surface area (Å²) in [7, 11) is 4.14. The number of ketones is 1. The Bertz CT molecular complexity index is 1770. The average molecular weight is 828 g/mol. The van der Waals surface area contributed by atoms with Gasteiger partial charge in [0.1, 0.15) is 29.2 Å². The molecule has 2 saturated carbocycles. The number of esters is 3. The first-order chi connectivity index (χ1) is 27.5. The standard InChI is InChI=1S/C14H18FNO2.C14H16FNO2.C7H8FN.C7H10O3.CN.B.Na/c2*1-18-14(17)12-3-2-4-13(12)16-9-10-5-7-11(15)8-6-10;8-7-3-1-6(5-9)2-4-7;1-10-7(9)5-3-2-4-6(5)8;1-2;;/h5-8,12-13,16H,2-4,9H2,1H3;5-8,16H,2-4,9H2,1H3;1-4H,5,9H2;5H,2-4H2,1H3;;;/q;;;;-1;;+1. The van der Waals surface area contributed by atoms with Gasteiger partial charge in [0.15, 0.2) is 0 Å². The number of nitrogens with two attached hydrogens (primary N) is 1. The van der Waals surface area contributed by atoms with E-state index in [0.717, 1.165) is 72.9 Å². The van der Waals surface area contributed by atoms with Crippen molar-refractivity contribution in [2.24, 2.45) is 17.6 Å². The number of ether oxygens (including phenoxy) is 3. The maximum absolute atomic E-state index is 12.8. The molecule has 3 aliphatic carbocycles. The van der Waals surface area contributed by atoms with Crippen molar-refractivity contribution in [3.8, 4) is 0 Å². The first-order valence-corrected chi connectivity index (χ1v) is 18.6. The average Bonchev–Trinajstić information content (AvgIpc) is 4.03. The summed E-state index contributed by atoms with van der Waals surface area (Å²) in [5.74, 6) is -1.92. The molecule has 3 aromatic rings. The second-order valence-electron chi connectivity index (χ2n) is 13.2. The Morgan fingerprint density at radius 1 is 0.695 bits per heavy atom. The molecule has 59 heavy (non-hydrogen) atoms. The molecule has 0 saturated heterocycles. The van der Waals surface area contributed by atoms with Crippen molar-refractivity contribution in [2.45, 2.75) is 83.5 Å². The van der Waals surface area contributed by atoms with Gasteiger partial charge >= 0.3 is 47.5 Å². The van der Waals surface area contributed by atoms with Gasteiger partial charge in [0.05, 0.1) is 32.8 Å². The number of carbonyl (C=O) groups is 4. The molecule has 4 N–H and O–H groups in total. The van der Waals surface area contributed by atoms with Crippen LogP contribution in [0.2, 0.25) is 0 Å². The minimum atomic E-state index is -0.454. The van der Waals surface area contributed by atoms with E-state index in [9.17, 15) is 32.3 Å². The van der Waals surface area contributed by atoms with Crippen LogP contribution < -0.4 is 45.9 Å². The molecule has 3 atom stereocenters. The SMILES string of the molecule is COC(=O)C1=C(NCc2ccc(F)cc2)CCC1.COC(=O)C1CCCC1=O.COC(=O)C1CCCC1NCc1ccc(F)cc1.NCc1ccc(F)cc1.[B].[C-]#N.[Na+]. The van der Waals surface area contributed by atoms with E-state index in [-0.39, 0.29) is 91.1 Å². The van der Waals surface area contributed by atoms with Gasteiger partial charge in [-0.05, 0) is 98.0 Å². The molecule has 0 aliphatic heterocycles. The first-order valence-electron chi connectivity index (χ1n) is 18.6. The summed E-state index contributed by atoms with van der Waals surface area (Å²) in [4.78, 5) is 44.7. The molecular weight excluding hydrogens is 775 g/mol. The van der Waals surface area contributed by atoms with Gasteiger partial charge in [-0.25, -0.2) is 18.0 Å². The third kappa shape index (κ3) is 19.4. The molecule has 6 rings (SSSR count). The van der Waals surface area contributed by atoms with E-state index in [1.54, 1.807) is 36.4 Å². The van der Waals surface area contributed by atoms with E-state index in [1.165, 1.54) is 57.7 Å². The molecular formula is C43H52BF3N4NaO7. The van der Waals surface area contributed by atoms with Crippen LogP contribution in [-0.4, -0.2) is 59.5 Å². The number of hydrogen-bond acceptors (Lipinski definition) is 11. The number of Topliss-reactive ketones (excluding diaryl/α,β-unsaturated/α-hetero) is 1. The number of nitrogens with zero attached hydrogens (tertiary/aromatic N) is 1. The Kier molecular flexibility index (Phi) is 28.3. The molecule has 11 nitrogen and oxygen atoms in total. The van der Waals surface area contributed by atoms with Crippen molar-refractivity contribution in [1.82, 2.24) is 10.6 Å². The van der Waals surface area contributed by atoms with E-state index in [2.05, 4.69) is 15.4 Å². The van der Waals surface area contributed by atoms with E-state index in [4.69, 9.17) is 27.0 Å². The molecule has 0 heterocycles. The van der Waals surface area contributed by atoms with E-state index < -0.39 is 5.92 Å². The normalized spacial score (nSPS) is 17.2. The zero-order valence-electron chi connectivity index (χ0n) is 34.2. The molecule has 0 amide bonds. The van der Waals surface area contributed by atoms with Crippen LogP contribution in [0.25, 0.3) is 0 Å². The monoisotopic (exact) mass is 827 g/mol. The quantitative estimate of drug-likeness (QED) is 0.0902. The van der Waals surface area contributed by atoms with E-state index in [1.807, 2.05) is 0 Å². The maximum atomic E-state index is 12.8. The summed E-state index contributed by atoms with van der Waals surface area (Å²) in [5, 5.41) is 12.8. The Morgan fingerprint density at radius 2 is 1.20 bits per heavy atom. The van der Waals surface area contributed by atoms with Gasteiger partial charge in [-0.15, -0.1) is 0 Å². The fourth-order valence-electron chi connectivity index (χ4n) is 6.42. The summed E-state index contributed by atoms with van der Waals surface area (Å²) < 4.78 is 51.7. The predicted octanol–water partition coefficient (Wildman–Crippen LogP) is 3.32. The maximum Gasteiger partial charge on any atom is 1.00 e. The Balaban J connectivity index is 0.000000771. The number of hydrogen-bond donors (Lipinski definition) is 3. The molecule has 3 aromatic carbocycles. The molecule has 0 spiro atoms. The summed E-state index contributed by atoms with van der Waals surface area (Å²) in [6, 6.07) is 19.1. The molecule has 3 aliphatic rings. The number of halogens is 3. The third-order valence-electron chi connectivity index (χ3n) is 9.51. The summed E-state index contributed by atoms with van der Waals surface area (Å²) in [5.41, 5.74) is 9.92. The largest absolute Gasteiger partial charge is 1.00 e. The molecule has 3 unspecified atom stereocenters. The molecule has 2 fully saturated rings. The van der Waals surface area contributed by atoms with Crippen LogP contribution in [0.15, 0.2) is 84.1 Å². The summed E-state index contributed by atoms with van der Waals surface area (Å²) >= 11 is 0. The van der Waals surface area contributed by atoms with Crippen molar-refractivity contribution >= 4 is 32.1 Å². The van der Waals surface area contributed by atoms with Crippen LogP contribution in [0.4, 0.5) is 13.2 Å². The number of nitrogens with one attached hydrogen (secondary N) is 2. The van der Waals surface area contributed by atoms with E-state index >= 15 is 0 Å². The third-order valence-corrected chi connectivity index (χ3v) is 9.51. The van der Waals surface area contributed by atoms with Crippen molar-refractivity contribution in [3.05, 3.63) is 125 Å². The van der Waals surface area contributed by atoms with Crippen LogP contribution in [-0.2, 0) is 53.0 Å². The van der Waals surface area contributed by atoms with Gasteiger partial charge in [-0.2, -0.15) is 0 Å². The van der Waals surface area contributed by atoms with Gasteiger partial charge in [-0.3, -0.25) is 14.4 Å². The van der Waals surface area contributed by atoms with Gasteiger partial charge in [0.2, 0.25) is 0 Å². The van der Waals surface area contributed by atoms with Gasteiger partial charge in [0.25, 0.3) is 0 Å². The molecule has 16 heteroatoms. The number of rotatable bonds is 10. The first kappa shape index (κ1) is 54.5. The van der Waals surface area contributed by atoms with Crippen LogP contribution in [0.5, 0.6) is 0 Å². The van der Waals surface area contributed by atoms with E-state index in [0.29, 0.717) is 32.5 Å². The zero-order valence-corrected chi connectivity index (χ0v) is 36.2. The topological polar surface area (TPSA) is 170 Å². The summed E-state index contributed by atoms with van der Waals surface area (Å²) in [6.07, 6.45) is 7.56. The predicted molar refractivity (Wildman–Crippen MR) is 212 cm³/mol. The summed E-state index contributed by atoms with van der Waals surface area (Å²) in [6.45, 7) is 6.47. The zero-order chi connectivity index (χ0) is 42.2. The second-order valence-corrected chi connectivity index (χ2v) is 13.2. The van der Waals surface area contributed by atoms with Crippen LogP contribution >= 0.6 is 0 Å². The van der Waals surface area contributed by atoms with Crippen LogP contribution in [0, 0.1) is 41.1 Å². The minimum absolute atomic E-state index is 0. The number of benzene rings is 3. The fourth-order valence-corrected chi connectivity index (χ4v) is 6.42. The van der Waals surface area contributed by atoms with Crippen LogP contribution in [0.3, 0.4) is 0 Å². The van der Waals surface area contributed by atoms with Crippen molar-refractivity contribution in [1.29, 1.82) is 5.26 Å². The van der Waals surface area contributed by atoms with Gasteiger partial charge < -0.3 is 42.4 Å². The molecule has 311 valence electrons. The van der Waals surface area contributed by atoms with Gasteiger partial charge in [-0.1, -0.05) is 42.8 Å².